The van der Waals surface area contributed by atoms with Gasteiger partial charge in [0.15, 0.2) is 17.2 Å². The van der Waals surface area contributed by atoms with E-state index in [0.29, 0.717) is 35.1 Å². The van der Waals surface area contributed by atoms with E-state index in [0.717, 1.165) is 38.8 Å². The van der Waals surface area contributed by atoms with Crippen LogP contribution >= 0.6 is 0 Å². The second-order valence-electron chi connectivity index (χ2n) is 9.02. The summed E-state index contributed by atoms with van der Waals surface area (Å²) in [5.74, 6) is 4.59. The van der Waals surface area contributed by atoms with E-state index >= 15 is 0 Å². The summed E-state index contributed by atoms with van der Waals surface area (Å²) >= 11 is 0. The minimum absolute atomic E-state index is 0.495. The standard InChI is InChI=1S/C29H29N3O5/c1-7-23(18-10-12-35-17-18)37-30-28-24(36-13-11-31(2)3)9-8-22-27(28)21-14-19-15-25(33-5)26(34-6)16-20(19)29(21)32(22)4/h1,8-10,12,14-17,23H,11,13H2,2-6H3. The lowest BCUT2D eigenvalue weighted by atomic mass is 10.0. The molecule has 2 aromatic heterocycles. The van der Waals surface area contributed by atoms with Gasteiger partial charge in [-0.1, -0.05) is 11.1 Å². The van der Waals surface area contributed by atoms with E-state index < -0.39 is 6.10 Å². The Hall–Kier alpha value is -4.35. The number of ether oxygens (including phenoxy) is 3. The highest BCUT2D eigenvalue weighted by molar-refractivity contribution is 6.15. The highest BCUT2D eigenvalue weighted by atomic mass is 16.6. The average molecular weight is 500 g/mol. The van der Waals surface area contributed by atoms with Crippen molar-refractivity contribution in [2.24, 2.45) is 12.2 Å². The molecule has 8 heteroatoms. The van der Waals surface area contributed by atoms with Crippen LogP contribution in [0.25, 0.3) is 12.2 Å². The van der Waals surface area contributed by atoms with Crippen LogP contribution in [-0.2, 0) is 16.6 Å². The van der Waals surface area contributed by atoms with Crippen molar-refractivity contribution in [3.05, 3.63) is 80.4 Å². The molecule has 0 bridgehead atoms. The first-order valence-electron chi connectivity index (χ1n) is 11.9. The Morgan fingerprint density at radius 3 is 2.62 bits per heavy atom. The molecule has 0 spiro atoms. The van der Waals surface area contributed by atoms with E-state index in [1.165, 1.54) is 0 Å². The highest BCUT2D eigenvalue weighted by Gasteiger charge is 2.27. The molecule has 0 amide bonds. The third-order valence-electron chi connectivity index (χ3n) is 6.49. The summed E-state index contributed by atoms with van der Waals surface area (Å²) in [5.41, 5.74) is 3.23. The van der Waals surface area contributed by atoms with Crippen molar-refractivity contribution < 1.29 is 23.5 Å². The van der Waals surface area contributed by atoms with E-state index in [1.54, 1.807) is 32.8 Å². The van der Waals surface area contributed by atoms with Gasteiger partial charge in [-0.15, -0.1) is 6.42 Å². The molecule has 2 aliphatic carbocycles. The number of methoxy groups -OCH3 is 2. The van der Waals surface area contributed by atoms with E-state index in [4.69, 9.17) is 29.9 Å². The lowest BCUT2D eigenvalue weighted by Gasteiger charge is -2.18. The van der Waals surface area contributed by atoms with Crippen molar-refractivity contribution >= 4 is 17.9 Å². The first-order chi connectivity index (χ1) is 18.0. The molecule has 0 fully saturated rings. The number of hydrogen-bond acceptors (Lipinski definition) is 7. The number of likely N-dealkylation sites (N-methyl/N-ethyl adjacent to an activating group) is 1. The molecule has 1 aromatic carbocycles. The molecule has 1 atom stereocenters. The molecule has 3 aromatic rings. The van der Waals surface area contributed by atoms with Gasteiger partial charge in [0.2, 0.25) is 6.10 Å². The Kier molecular flexibility index (Phi) is 6.55. The van der Waals surface area contributed by atoms with Gasteiger partial charge < -0.3 is 32.9 Å². The molecule has 2 heterocycles. The number of furan rings is 1. The fraction of sp³-hybridized carbons (Fsp3) is 0.276. The Labute approximate surface area is 215 Å². The molecule has 0 aliphatic heterocycles. The van der Waals surface area contributed by atoms with Gasteiger partial charge in [-0.05, 0) is 55.7 Å². The maximum Gasteiger partial charge on any atom is 0.215 e. The van der Waals surface area contributed by atoms with Gasteiger partial charge in [0.25, 0.3) is 0 Å². The second kappa shape index (κ2) is 9.96. The molecule has 0 saturated carbocycles. The molecular weight excluding hydrogens is 470 g/mol. The van der Waals surface area contributed by atoms with Crippen molar-refractivity contribution in [1.82, 2.24) is 9.47 Å². The first kappa shape index (κ1) is 24.3. The van der Waals surface area contributed by atoms with Crippen LogP contribution in [0.5, 0.6) is 11.5 Å². The summed E-state index contributed by atoms with van der Waals surface area (Å²) in [6, 6.07) is 5.75. The van der Waals surface area contributed by atoms with Crippen LogP contribution < -0.4 is 20.0 Å². The van der Waals surface area contributed by atoms with Gasteiger partial charge in [-0.3, -0.25) is 0 Å². The molecule has 37 heavy (non-hydrogen) atoms. The second-order valence-corrected chi connectivity index (χ2v) is 9.02. The number of allylic oxidation sites excluding steroid dienone is 2. The quantitative estimate of drug-likeness (QED) is 0.260. The van der Waals surface area contributed by atoms with Crippen molar-refractivity contribution in [3.63, 3.8) is 0 Å². The predicted molar refractivity (Wildman–Crippen MR) is 140 cm³/mol. The fourth-order valence-electron chi connectivity index (χ4n) is 4.63. The molecule has 0 radical (unpaired) electrons. The fourth-order valence-corrected chi connectivity index (χ4v) is 4.63. The molecule has 1 unspecified atom stereocenters. The van der Waals surface area contributed by atoms with Crippen LogP contribution in [0.15, 0.2) is 52.1 Å². The van der Waals surface area contributed by atoms with Crippen LogP contribution in [0.2, 0.25) is 0 Å². The average Bonchev–Trinajstić information content (AvgIpc) is 3.61. The number of fused-ring (bicyclic) bond motifs is 4. The van der Waals surface area contributed by atoms with Crippen LogP contribution in [0.4, 0.5) is 0 Å². The summed E-state index contributed by atoms with van der Waals surface area (Å²) in [6.45, 7) is 1.25. The van der Waals surface area contributed by atoms with Crippen LogP contribution in [-0.4, -0.2) is 56.6 Å². The highest BCUT2D eigenvalue weighted by Crippen LogP contribution is 2.28. The summed E-state index contributed by atoms with van der Waals surface area (Å²) < 4.78 is 24.6. The van der Waals surface area contributed by atoms with Crippen molar-refractivity contribution in [2.75, 3.05) is 41.5 Å². The minimum Gasteiger partial charge on any atom is -0.493 e. The van der Waals surface area contributed by atoms with Crippen molar-refractivity contribution in [1.29, 1.82) is 0 Å². The van der Waals surface area contributed by atoms with E-state index in [2.05, 4.69) is 26.6 Å². The zero-order chi connectivity index (χ0) is 26.1. The number of oxime groups is 1. The Morgan fingerprint density at radius 2 is 1.95 bits per heavy atom. The Balaban J connectivity index is 1.67. The topological polar surface area (TPSA) is 70.6 Å². The molecule has 8 nitrogen and oxygen atoms in total. The lowest BCUT2D eigenvalue weighted by Crippen LogP contribution is -2.27. The first-order valence-corrected chi connectivity index (χ1v) is 11.9. The number of terminal acetylenes is 1. The molecule has 2 aliphatic rings. The van der Waals surface area contributed by atoms with Crippen molar-refractivity contribution in [2.45, 2.75) is 6.10 Å². The van der Waals surface area contributed by atoms with Gasteiger partial charge in [0.1, 0.15) is 12.4 Å². The Bertz CT molecular complexity index is 1650. The van der Waals surface area contributed by atoms with Gasteiger partial charge in [-0.2, -0.15) is 0 Å². The maximum absolute atomic E-state index is 6.18. The normalized spacial score (nSPS) is 15.1. The van der Waals surface area contributed by atoms with E-state index in [-0.39, 0.29) is 0 Å². The third kappa shape index (κ3) is 4.28. The largest absolute Gasteiger partial charge is 0.493 e. The van der Waals surface area contributed by atoms with Crippen molar-refractivity contribution in [3.8, 4) is 23.8 Å². The van der Waals surface area contributed by atoms with Gasteiger partial charge in [0, 0.05) is 35.5 Å². The van der Waals surface area contributed by atoms with Gasteiger partial charge in [0.05, 0.1) is 37.4 Å². The number of aromatic nitrogens is 1. The zero-order valence-corrected chi connectivity index (χ0v) is 21.6. The lowest BCUT2D eigenvalue weighted by molar-refractivity contribution is 0.0977. The summed E-state index contributed by atoms with van der Waals surface area (Å²) in [5, 5.41) is 8.70. The van der Waals surface area contributed by atoms with Crippen LogP contribution in [0.3, 0.4) is 0 Å². The van der Waals surface area contributed by atoms with E-state index in [1.807, 2.05) is 45.4 Å². The van der Waals surface area contributed by atoms with E-state index in [9.17, 15) is 0 Å². The Morgan fingerprint density at radius 1 is 1.16 bits per heavy atom. The summed E-state index contributed by atoms with van der Waals surface area (Å²) in [4.78, 5) is 7.95. The molecular formula is C29H29N3O5. The van der Waals surface area contributed by atoms with Gasteiger partial charge in [-0.25, -0.2) is 0 Å². The van der Waals surface area contributed by atoms with Crippen LogP contribution in [0.1, 0.15) is 22.8 Å². The number of hydrogen-bond donors (Lipinski definition) is 0. The number of rotatable bonds is 9. The molecule has 5 rings (SSSR count). The summed E-state index contributed by atoms with van der Waals surface area (Å²) in [6.07, 6.45) is 14.3. The maximum atomic E-state index is 6.18. The van der Waals surface area contributed by atoms with Gasteiger partial charge >= 0.3 is 0 Å². The third-order valence-corrected chi connectivity index (χ3v) is 6.49. The number of nitrogens with zero attached hydrogens (tertiary/aromatic N) is 3. The molecule has 0 saturated heterocycles. The van der Waals surface area contributed by atoms with Crippen LogP contribution in [0, 0.1) is 22.9 Å². The summed E-state index contributed by atoms with van der Waals surface area (Å²) in [7, 11) is 9.31. The zero-order valence-electron chi connectivity index (χ0n) is 21.6. The minimum atomic E-state index is -0.699. The smallest absolute Gasteiger partial charge is 0.215 e. The molecule has 190 valence electrons. The SMILES string of the molecule is C#CC(ON=C1C(OCCN(C)C)=CC=c2c1c1c(n2C)=c2cc(OC)c(OC)cc2=C1)c1ccoc1. The monoisotopic (exact) mass is 499 g/mol. The predicted octanol–water partition coefficient (Wildman–Crippen LogP) is 2.42. The molecule has 0 N–H and O–H groups in total. The number of benzene rings is 1.